The van der Waals surface area contributed by atoms with Crippen molar-refractivity contribution in [2.24, 2.45) is 11.8 Å². The Morgan fingerprint density at radius 1 is 1.00 bits per heavy atom. The molecule has 4 rings (SSSR count). The number of hydrogen-bond acceptors (Lipinski definition) is 4. The molecule has 2 aliphatic heterocycles. The van der Waals surface area contributed by atoms with Crippen LogP contribution in [0.1, 0.15) is 50.3 Å². The highest BCUT2D eigenvalue weighted by atomic mass is 32.1. The van der Waals surface area contributed by atoms with Crippen LogP contribution in [0.15, 0.2) is 17.5 Å². The third-order valence-corrected chi connectivity index (χ3v) is 8.04. The van der Waals surface area contributed by atoms with Gasteiger partial charge in [0.15, 0.2) is 0 Å². The van der Waals surface area contributed by atoms with E-state index >= 15 is 0 Å². The molecule has 3 fully saturated rings. The first-order valence-electron chi connectivity index (χ1n) is 11.4. The zero-order chi connectivity index (χ0) is 20.2. The molecule has 160 valence electrons. The van der Waals surface area contributed by atoms with Crippen molar-refractivity contribution < 1.29 is 9.59 Å². The topological polar surface area (TPSA) is 43.9 Å². The average Bonchev–Trinajstić information content (AvgIpc) is 3.44. The van der Waals surface area contributed by atoms with E-state index < -0.39 is 0 Å². The van der Waals surface area contributed by atoms with E-state index in [0.717, 1.165) is 62.9 Å². The van der Waals surface area contributed by atoms with Crippen LogP contribution in [0.2, 0.25) is 0 Å². The summed E-state index contributed by atoms with van der Waals surface area (Å²) in [5.74, 6) is 1.82. The van der Waals surface area contributed by atoms with Crippen LogP contribution in [0.4, 0.5) is 0 Å². The number of amides is 2. The second kappa shape index (κ2) is 9.61. The van der Waals surface area contributed by atoms with Crippen LogP contribution in [0.3, 0.4) is 0 Å². The van der Waals surface area contributed by atoms with Gasteiger partial charge in [-0.2, -0.15) is 0 Å². The number of carbonyl (C=O) groups is 2. The van der Waals surface area contributed by atoms with Crippen LogP contribution < -0.4 is 0 Å². The third kappa shape index (κ3) is 5.02. The lowest BCUT2D eigenvalue weighted by Crippen LogP contribution is -2.59. The van der Waals surface area contributed by atoms with Crippen molar-refractivity contribution in [3.63, 3.8) is 0 Å². The Hall–Kier alpha value is -1.40. The second-order valence-corrected chi connectivity index (χ2v) is 10.2. The number of nitrogens with zero attached hydrogens (tertiary/aromatic N) is 3. The summed E-state index contributed by atoms with van der Waals surface area (Å²) in [6.45, 7) is 7.28. The largest absolute Gasteiger partial charge is 0.341 e. The Balaban J connectivity index is 1.37. The molecule has 0 bridgehead atoms. The van der Waals surface area contributed by atoms with Crippen LogP contribution in [0.25, 0.3) is 0 Å². The minimum absolute atomic E-state index is 0.0282. The second-order valence-electron chi connectivity index (χ2n) is 9.17. The zero-order valence-electron chi connectivity index (χ0n) is 17.7. The van der Waals surface area contributed by atoms with Crippen molar-refractivity contribution >= 4 is 23.2 Å². The molecule has 2 saturated heterocycles. The summed E-state index contributed by atoms with van der Waals surface area (Å²) in [6, 6.07) is 4.07. The van der Waals surface area contributed by atoms with Crippen molar-refractivity contribution in [2.45, 2.75) is 57.9 Å². The smallest absolute Gasteiger partial charge is 0.240 e. The van der Waals surface area contributed by atoms with Gasteiger partial charge in [-0.25, -0.2) is 0 Å². The molecule has 1 atom stereocenters. The van der Waals surface area contributed by atoms with Gasteiger partial charge in [0.05, 0.1) is 12.5 Å². The maximum Gasteiger partial charge on any atom is 0.240 e. The Bertz CT molecular complexity index is 670. The molecule has 1 unspecified atom stereocenters. The molecule has 3 aliphatic rings. The molecule has 1 aromatic heterocycles. The van der Waals surface area contributed by atoms with E-state index in [9.17, 15) is 9.59 Å². The first-order valence-corrected chi connectivity index (χ1v) is 12.3. The number of piperidine rings is 1. The predicted octanol–water partition coefficient (Wildman–Crippen LogP) is 3.25. The maximum atomic E-state index is 13.5. The Morgan fingerprint density at radius 2 is 1.69 bits per heavy atom. The number of piperazine rings is 1. The molecule has 0 spiro atoms. The summed E-state index contributed by atoms with van der Waals surface area (Å²) in [5.41, 5.74) is 0. The normalized spacial score (nSPS) is 23.5. The first-order chi connectivity index (χ1) is 14.1. The highest BCUT2D eigenvalue weighted by molar-refractivity contribution is 7.10. The lowest BCUT2D eigenvalue weighted by atomic mass is 9.92. The maximum absolute atomic E-state index is 13.5. The fraction of sp³-hybridized carbons (Fsp3) is 0.739. The molecule has 1 aliphatic carbocycles. The van der Waals surface area contributed by atoms with Gasteiger partial charge < -0.3 is 9.80 Å². The molecule has 5 nitrogen and oxygen atoms in total. The zero-order valence-corrected chi connectivity index (χ0v) is 18.5. The van der Waals surface area contributed by atoms with Gasteiger partial charge in [-0.15, -0.1) is 11.3 Å². The van der Waals surface area contributed by atoms with E-state index in [0.29, 0.717) is 18.2 Å². The minimum Gasteiger partial charge on any atom is -0.341 e. The van der Waals surface area contributed by atoms with Crippen molar-refractivity contribution in [3.05, 3.63) is 22.4 Å². The van der Waals surface area contributed by atoms with E-state index in [1.807, 2.05) is 22.4 Å². The van der Waals surface area contributed by atoms with Crippen LogP contribution in [0.5, 0.6) is 0 Å². The molecule has 0 radical (unpaired) electrons. The van der Waals surface area contributed by atoms with Crippen LogP contribution in [0, 0.1) is 11.8 Å². The van der Waals surface area contributed by atoms with E-state index in [1.165, 1.54) is 25.7 Å². The fourth-order valence-electron chi connectivity index (χ4n) is 5.27. The predicted molar refractivity (Wildman–Crippen MR) is 117 cm³/mol. The van der Waals surface area contributed by atoms with Gasteiger partial charge in [-0.3, -0.25) is 14.5 Å². The molecule has 1 aromatic rings. The van der Waals surface area contributed by atoms with E-state index in [1.54, 1.807) is 11.3 Å². The standard InChI is InChI=1S/C23H35N3O2S/c1-18-8-10-26(11-9-18)23(28)22(19-5-2-3-6-19)25-14-12-24(13-15-25)21(27)17-20-7-4-16-29-20/h4,7,16,18-19,22H,2-3,5-6,8-15,17H2,1H3. The molecule has 3 heterocycles. The van der Waals surface area contributed by atoms with Gasteiger partial charge in [-0.05, 0) is 49.0 Å². The number of rotatable bonds is 5. The SMILES string of the molecule is CC1CCN(C(=O)C(C2CCCC2)N2CCN(C(=O)Cc3cccs3)CC2)CC1. The summed E-state index contributed by atoms with van der Waals surface area (Å²) in [4.78, 5) is 33.8. The summed E-state index contributed by atoms with van der Waals surface area (Å²) in [7, 11) is 0. The van der Waals surface area contributed by atoms with Crippen LogP contribution >= 0.6 is 11.3 Å². The summed E-state index contributed by atoms with van der Waals surface area (Å²) in [5, 5.41) is 2.03. The lowest BCUT2D eigenvalue weighted by Gasteiger charge is -2.43. The highest BCUT2D eigenvalue weighted by Crippen LogP contribution is 2.32. The Morgan fingerprint density at radius 3 is 2.31 bits per heavy atom. The lowest BCUT2D eigenvalue weighted by molar-refractivity contribution is -0.142. The molecule has 0 aromatic carbocycles. The average molecular weight is 418 g/mol. The van der Waals surface area contributed by atoms with Gasteiger partial charge in [0.1, 0.15) is 0 Å². The Labute approximate surface area is 179 Å². The molecule has 2 amide bonds. The fourth-order valence-corrected chi connectivity index (χ4v) is 5.96. The van der Waals surface area contributed by atoms with E-state index in [-0.39, 0.29) is 11.9 Å². The molecule has 1 saturated carbocycles. The van der Waals surface area contributed by atoms with Crippen molar-refractivity contribution in [1.82, 2.24) is 14.7 Å². The van der Waals surface area contributed by atoms with Crippen LogP contribution in [-0.2, 0) is 16.0 Å². The molecular formula is C23H35N3O2S. The van der Waals surface area contributed by atoms with Crippen LogP contribution in [-0.4, -0.2) is 71.8 Å². The monoisotopic (exact) mass is 417 g/mol. The minimum atomic E-state index is 0.0282. The highest BCUT2D eigenvalue weighted by Gasteiger charge is 2.39. The molecule has 6 heteroatoms. The quantitative estimate of drug-likeness (QED) is 0.739. The number of hydrogen-bond donors (Lipinski definition) is 0. The molecule has 0 N–H and O–H groups in total. The van der Waals surface area contributed by atoms with Gasteiger partial charge >= 0.3 is 0 Å². The molecular weight excluding hydrogens is 382 g/mol. The number of carbonyl (C=O) groups excluding carboxylic acids is 2. The van der Waals surface area contributed by atoms with E-state index in [4.69, 9.17) is 0 Å². The van der Waals surface area contributed by atoms with Crippen molar-refractivity contribution in [3.8, 4) is 0 Å². The van der Waals surface area contributed by atoms with Gasteiger partial charge in [0.2, 0.25) is 11.8 Å². The van der Waals surface area contributed by atoms with Gasteiger partial charge in [-0.1, -0.05) is 25.8 Å². The third-order valence-electron chi connectivity index (χ3n) is 7.16. The summed E-state index contributed by atoms with van der Waals surface area (Å²) >= 11 is 1.65. The molecule has 29 heavy (non-hydrogen) atoms. The first kappa shape index (κ1) is 20.9. The number of likely N-dealkylation sites (tertiary alicyclic amines) is 1. The van der Waals surface area contributed by atoms with E-state index in [2.05, 4.69) is 16.7 Å². The number of thiophene rings is 1. The van der Waals surface area contributed by atoms with Gasteiger partial charge in [0.25, 0.3) is 0 Å². The summed E-state index contributed by atoms with van der Waals surface area (Å²) in [6.07, 6.45) is 7.64. The Kier molecular flexibility index (Phi) is 6.91. The van der Waals surface area contributed by atoms with Crippen molar-refractivity contribution in [2.75, 3.05) is 39.3 Å². The summed E-state index contributed by atoms with van der Waals surface area (Å²) < 4.78 is 0. The van der Waals surface area contributed by atoms with Gasteiger partial charge in [0, 0.05) is 44.1 Å². The van der Waals surface area contributed by atoms with Crippen molar-refractivity contribution in [1.29, 1.82) is 0 Å².